The van der Waals surface area contributed by atoms with E-state index in [4.69, 9.17) is 4.74 Å². The summed E-state index contributed by atoms with van der Waals surface area (Å²) in [5.74, 6) is -0.387. The van der Waals surface area contributed by atoms with Crippen molar-refractivity contribution in [2.24, 2.45) is 0 Å². The standard InChI is InChI=1S/C20H21NO5/c1-12-5-6-16(20(24)25-4)11-18(12)21-19(23)14(3)26-17-9-7-15(8-10-17)13(2)22/h5-11,14H,1-4H3,(H,21,23)/t14-/m1/s1. The fraction of sp³-hybridized carbons (Fsp3) is 0.250. The minimum absolute atomic E-state index is 0.0386. The molecule has 0 unspecified atom stereocenters. The average Bonchev–Trinajstić information content (AvgIpc) is 2.63. The molecule has 0 aliphatic heterocycles. The summed E-state index contributed by atoms with van der Waals surface area (Å²) >= 11 is 0. The Bertz CT molecular complexity index is 827. The van der Waals surface area contributed by atoms with Gasteiger partial charge in [0, 0.05) is 11.3 Å². The number of hydrogen-bond donors (Lipinski definition) is 1. The zero-order chi connectivity index (χ0) is 19.3. The lowest BCUT2D eigenvalue weighted by Crippen LogP contribution is -2.30. The molecule has 6 heteroatoms. The number of amides is 1. The van der Waals surface area contributed by atoms with Gasteiger partial charge in [-0.2, -0.15) is 0 Å². The van der Waals surface area contributed by atoms with Crippen LogP contribution in [-0.4, -0.2) is 30.9 Å². The maximum atomic E-state index is 12.4. The van der Waals surface area contributed by atoms with Crippen LogP contribution in [0.15, 0.2) is 42.5 Å². The van der Waals surface area contributed by atoms with Gasteiger partial charge in [-0.15, -0.1) is 0 Å². The highest BCUT2D eigenvalue weighted by Gasteiger charge is 2.17. The van der Waals surface area contributed by atoms with E-state index in [2.05, 4.69) is 10.1 Å². The van der Waals surface area contributed by atoms with E-state index < -0.39 is 12.1 Å². The van der Waals surface area contributed by atoms with E-state index in [1.165, 1.54) is 14.0 Å². The molecule has 0 saturated carbocycles. The highest BCUT2D eigenvalue weighted by atomic mass is 16.5. The summed E-state index contributed by atoms with van der Waals surface area (Å²) in [5.41, 5.74) is 2.25. The van der Waals surface area contributed by atoms with Gasteiger partial charge in [-0.1, -0.05) is 6.07 Å². The van der Waals surface area contributed by atoms with Gasteiger partial charge in [-0.05, 0) is 62.7 Å². The van der Waals surface area contributed by atoms with Gasteiger partial charge in [-0.3, -0.25) is 9.59 Å². The van der Waals surface area contributed by atoms with Crippen LogP contribution in [0, 0.1) is 6.92 Å². The Balaban J connectivity index is 2.07. The van der Waals surface area contributed by atoms with Gasteiger partial charge < -0.3 is 14.8 Å². The van der Waals surface area contributed by atoms with Crippen molar-refractivity contribution < 1.29 is 23.9 Å². The summed E-state index contributed by atoms with van der Waals surface area (Å²) in [7, 11) is 1.30. The lowest BCUT2D eigenvalue weighted by Gasteiger charge is -2.16. The largest absolute Gasteiger partial charge is 0.481 e. The first-order valence-electron chi connectivity index (χ1n) is 8.09. The number of Topliss-reactive ketones (excluding diaryl/α,β-unsaturated/α-hetero) is 1. The van der Waals surface area contributed by atoms with Crippen molar-refractivity contribution in [3.8, 4) is 5.75 Å². The maximum absolute atomic E-state index is 12.4. The molecular formula is C20H21NO5. The van der Waals surface area contributed by atoms with Crippen LogP contribution in [0.3, 0.4) is 0 Å². The summed E-state index contributed by atoms with van der Waals surface area (Å²) in [6.45, 7) is 4.92. The topological polar surface area (TPSA) is 81.7 Å². The third kappa shape index (κ3) is 4.69. The van der Waals surface area contributed by atoms with Gasteiger partial charge >= 0.3 is 5.97 Å². The fourth-order valence-corrected chi connectivity index (χ4v) is 2.26. The fourth-order valence-electron chi connectivity index (χ4n) is 2.26. The molecule has 6 nitrogen and oxygen atoms in total. The first kappa shape index (κ1) is 19.2. The Morgan fingerprint density at radius 3 is 2.19 bits per heavy atom. The molecule has 0 spiro atoms. The first-order valence-corrected chi connectivity index (χ1v) is 8.09. The van der Waals surface area contributed by atoms with Gasteiger partial charge in [0.05, 0.1) is 12.7 Å². The minimum Gasteiger partial charge on any atom is -0.481 e. The third-order valence-corrected chi connectivity index (χ3v) is 3.86. The molecule has 0 saturated heterocycles. The van der Waals surface area contributed by atoms with Gasteiger partial charge in [0.25, 0.3) is 5.91 Å². The SMILES string of the molecule is COC(=O)c1ccc(C)c(NC(=O)[C@@H](C)Oc2ccc(C(C)=O)cc2)c1. The molecule has 0 aromatic heterocycles. The van der Waals surface area contributed by atoms with Gasteiger partial charge in [0.1, 0.15) is 5.75 Å². The number of ketones is 1. The molecular weight excluding hydrogens is 334 g/mol. The lowest BCUT2D eigenvalue weighted by atomic mass is 10.1. The zero-order valence-electron chi connectivity index (χ0n) is 15.2. The van der Waals surface area contributed by atoms with Crippen LogP contribution in [0.4, 0.5) is 5.69 Å². The Morgan fingerprint density at radius 1 is 1.00 bits per heavy atom. The lowest BCUT2D eigenvalue weighted by molar-refractivity contribution is -0.122. The van der Waals surface area contributed by atoms with E-state index in [9.17, 15) is 14.4 Å². The third-order valence-electron chi connectivity index (χ3n) is 3.86. The summed E-state index contributed by atoms with van der Waals surface area (Å²) in [4.78, 5) is 35.3. The van der Waals surface area contributed by atoms with Crippen LogP contribution in [0.5, 0.6) is 5.75 Å². The van der Waals surface area contributed by atoms with Crippen LogP contribution >= 0.6 is 0 Å². The van der Waals surface area contributed by atoms with Crippen molar-refractivity contribution in [2.45, 2.75) is 26.9 Å². The summed E-state index contributed by atoms with van der Waals surface area (Å²) in [6, 6.07) is 11.5. The van der Waals surface area contributed by atoms with Gasteiger partial charge in [0.2, 0.25) is 0 Å². The molecule has 26 heavy (non-hydrogen) atoms. The van der Waals surface area contributed by atoms with Crippen molar-refractivity contribution in [1.29, 1.82) is 0 Å². The molecule has 2 aromatic carbocycles. The van der Waals surface area contributed by atoms with Crippen LogP contribution in [0.25, 0.3) is 0 Å². The molecule has 0 heterocycles. The molecule has 0 radical (unpaired) electrons. The number of aryl methyl sites for hydroxylation is 1. The summed E-state index contributed by atoms with van der Waals surface area (Å²) < 4.78 is 10.3. The van der Waals surface area contributed by atoms with Crippen LogP contribution in [-0.2, 0) is 9.53 Å². The number of benzene rings is 2. The van der Waals surface area contributed by atoms with E-state index in [0.29, 0.717) is 22.6 Å². The molecule has 2 rings (SSSR count). The second-order valence-corrected chi connectivity index (χ2v) is 5.85. The van der Waals surface area contributed by atoms with E-state index in [1.54, 1.807) is 49.4 Å². The van der Waals surface area contributed by atoms with E-state index in [-0.39, 0.29) is 11.7 Å². The Kier molecular flexibility index (Phi) is 6.11. The van der Waals surface area contributed by atoms with E-state index in [0.717, 1.165) is 5.56 Å². The monoisotopic (exact) mass is 355 g/mol. The number of esters is 1. The highest BCUT2D eigenvalue weighted by molar-refractivity contribution is 5.97. The molecule has 0 aliphatic rings. The van der Waals surface area contributed by atoms with Crippen molar-refractivity contribution >= 4 is 23.3 Å². The molecule has 0 fully saturated rings. The zero-order valence-corrected chi connectivity index (χ0v) is 15.2. The first-order chi connectivity index (χ1) is 12.3. The van der Waals surface area contributed by atoms with Crippen molar-refractivity contribution in [2.75, 3.05) is 12.4 Å². The van der Waals surface area contributed by atoms with Gasteiger partial charge in [0.15, 0.2) is 11.9 Å². The Hall–Kier alpha value is -3.15. The molecule has 0 aliphatic carbocycles. The number of nitrogens with one attached hydrogen (secondary N) is 1. The van der Waals surface area contributed by atoms with Crippen molar-refractivity contribution in [3.63, 3.8) is 0 Å². The smallest absolute Gasteiger partial charge is 0.337 e. The summed E-state index contributed by atoms with van der Waals surface area (Å²) in [5, 5.41) is 2.75. The average molecular weight is 355 g/mol. The quantitative estimate of drug-likeness (QED) is 0.634. The molecule has 136 valence electrons. The molecule has 2 aromatic rings. The minimum atomic E-state index is -0.764. The number of rotatable bonds is 6. The number of hydrogen-bond acceptors (Lipinski definition) is 5. The van der Waals surface area contributed by atoms with Crippen LogP contribution in [0.1, 0.15) is 40.1 Å². The maximum Gasteiger partial charge on any atom is 0.337 e. The highest BCUT2D eigenvalue weighted by Crippen LogP contribution is 2.19. The number of carbonyl (C=O) groups excluding carboxylic acids is 3. The molecule has 1 N–H and O–H groups in total. The van der Waals surface area contributed by atoms with Crippen LogP contribution in [0.2, 0.25) is 0 Å². The molecule has 0 bridgehead atoms. The van der Waals surface area contributed by atoms with Crippen molar-refractivity contribution in [1.82, 2.24) is 0 Å². The number of carbonyl (C=O) groups is 3. The second-order valence-electron chi connectivity index (χ2n) is 5.85. The van der Waals surface area contributed by atoms with Crippen molar-refractivity contribution in [3.05, 3.63) is 59.2 Å². The number of methoxy groups -OCH3 is 1. The number of ether oxygens (including phenoxy) is 2. The van der Waals surface area contributed by atoms with E-state index >= 15 is 0 Å². The number of anilines is 1. The molecule has 1 amide bonds. The van der Waals surface area contributed by atoms with Crippen LogP contribution < -0.4 is 10.1 Å². The second kappa shape index (κ2) is 8.29. The Labute approximate surface area is 152 Å². The Morgan fingerprint density at radius 2 is 1.62 bits per heavy atom. The van der Waals surface area contributed by atoms with Gasteiger partial charge in [-0.25, -0.2) is 4.79 Å². The predicted octanol–water partition coefficient (Wildman–Crippen LogP) is 3.39. The molecule has 1 atom stereocenters. The normalized spacial score (nSPS) is 11.4. The van der Waals surface area contributed by atoms with E-state index in [1.807, 2.05) is 6.92 Å². The summed E-state index contributed by atoms with van der Waals surface area (Å²) in [6.07, 6.45) is -0.764. The predicted molar refractivity (Wildman–Crippen MR) is 97.7 cm³/mol.